The topological polar surface area (TPSA) is 91.9 Å². The lowest BCUT2D eigenvalue weighted by Gasteiger charge is -2.37. The van der Waals surface area contributed by atoms with Gasteiger partial charge in [-0.15, -0.1) is 0 Å². The Morgan fingerprint density at radius 2 is 1.86 bits per heavy atom. The summed E-state index contributed by atoms with van der Waals surface area (Å²) < 4.78 is 27.1. The van der Waals surface area contributed by atoms with Crippen molar-refractivity contribution in [2.45, 2.75) is 12.5 Å². The number of amides is 3. The van der Waals surface area contributed by atoms with Crippen molar-refractivity contribution >= 4 is 24.2 Å². The van der Waals surface area contributed by atoms with Crippen molar-refractivity contribution in [3.63, 3.8) is 0 Å². The summed E-state index contributed by atoms with van der Waals surface area (Å²) in [6, 6.07) is 5.63. The minimum Gasteiger partial charge on any atom is -0.364 e. The molecule has 0 spiro atoms. The van der Waals surface area contributed by atoms with Crippen molar-refractivity contribution < 1.29 is 18.4 Å². The molecule has 0 radical (unpaired) electrons. The van der Waals surface area contributed by atoms with Gasteiger partial charge in [0, 0.05) is 38.0 Å². The Labute approximate surface area is 165 Å². The number of primary amides is 1. The lowest BCUT2D eigenvalue weighted by Crippen LogP contribution is -2.49. The fourth-order valence-electron chi connectivity index (χ4n) is 3.33. The summed E-state index contributed by atoms with van der Waals surface area (Å²) >= 11 is 0. The van der Waals surface area contributed by atoms with Crippen molar-refractivity contribution in [2.24, 2.45) is 10.8 Å². The van der Waals surface area contributed by atoms with E-state index in [4.69, 9.17) is 5.73 Å². The Hall–Kier alpha value is -3.62. The summed E-state index contributed by atoms with van der Waals surface area (Å²) in [6.07, 6.45) is 5.38. The van der Waals surface area contributed by atoms with Gasteiger partial charge in [0.2, 0.25) is 0 Å². The highest BCUT2D eigenvalue weighted by atomic mass is 19.1. The van der Waals surface area contributed by atoms with Gasteiger partial charge in [-0.3, -0.25) is 9.78 Å². The van der Waals surface area contributed by atoms with Crippen LogP contribution in [0, 0.1) is 11.6 Å². The molecule has 1 atom stereocenters. The van der Waals surface area contributed by atoms with E-state index in [9.17, 15) is 18.4 Å². The number of nitrogens with zero attached hydrogens (tertiary/aromatic N) is 4. The van der Waals surface area contributed by atoms with Gasteiger partial charge in [0.15, 0.2) is 0 Å². The van der Waals surface area contributed by atoms with Crippen LogP contribution >= 0.6 is 0 Å². The molecule has 2 aromatic rings. The van der Waals surface area contributed by atoms with Gasteiger partial charge in [-0.05, 0) is 34.9 Å². The molecular formula is C20H17F2N5O2. The first kappa shape index (κ1) is 18.7. The second-order valence-electron chi connectivity index (χ2n) is 6.88. The third-order valence-corrected chi connectivity index (χ3v) is 4.76. The van der Waals surface area contributed by atoms with Crippen LogP contribution < -0.4 is 5.73 Å². The molecule has 1 unspecified atom stereocenters. The molecular weight excluding hydrogens is 380 g/mol. The zero-order valence-corrected chi connectivity index (χ0v) is 15.3. The molecule has 1 fully saturated rings. The van der Waals surface area contributed by atoms with Crippen LogP contribution in [0.4, 0.5) is 13.6 Å². The van der Waals surface area contributed by atoms with E-state index in [-0.39, 0.29) is 11.7 Å². The molecule has 4 rings (SSSR count). The Morgan fingerprint density at radius 3 is 2.48 bits per heavy atom. The number of carbonyl (C=O) groups is 2. The SMILES string of the molecule is NC(=O)c1ccc(C=C2CN(C(=O)N3N=CCC3c3cc(F)cc(F)c3)C2)cn1. The number of nitrogens with two attached hydrogens (primary N) is 1. The zero-order chi connectivity index (χ0) is 20.5. The molecule has 1 aromatic carbocycles. The fourth-order valence-corrected chi connectivity index (χ4v) is 3.33. The third kappa shape index (κ3) is 3.84. The van der Waals surface area contributed by atoms with Crippen LogP contribution in [0.5, 0.6) is 0 Å². The standard InChI is InChI=1S/C20H17F2N5O2/c21-15-6-14(7-16(22)8-15)18-3-4-25-27(18)20(29)26-10-13(11-26)5-12-1-2-17(19(23)28)24-9-12/h1-2,4-9,18H,3,10-11H2,(H2,23,28). The molecule has 9 heteroatoms. The lowest BCUT2D eigenvalue weighted by atomic mass is 10.0. The number of aromatic nitrogens is 1. The number of hydrogen-bond acceptors (Lipinski definition) is 4. The molecule has 2 aliphatic rings. The summed E-state index contributed by atoms with van der Waals surface area (Å²) in [5, 5.41) is 5.35. The molecule has 0 saturated carbocycles. The van der Waals surface area contributed by atoms with E-state index in [1.165, 1.54) is 29.4 Å². The summed E-state index contributed by atoms with van der Waals surface area (Å²) in [4.78, 5) is 29.4. The maximum Gasteiger partial charge on any atom is 0.341 e. The smallest absolute Gasteiger partial charge is 0.341 e. The van der Waals surface area contributed by atoms with Crippen LogP contribution in [-0.4, -0.2) is 46.1 Å². The van der Waals surface area contributed by atoms with Crippen LogP contribution in [0.3, 0.4) is 0 Å². The highest BCUT2D eigenvalue weighted by Gasteiger charge is 2.35. The number of halogens is 2. The van der Waals surface area contributed by atoms with E-state index in [1.54, 1.807) is 17.2 Å². The van der Waals surface area contributed by atoms with Crippen LogP contribution in [-0.2, 0) is 0 Å². The average Bonchev–Trinajstić information content (AvgIpc) is 3.13. The number of carbonyl (C=O) groups excluding carboxylic acids is 2. The molecule has 29 heavy (non-hydrogen) atoms. The number of hydrazone groups is 1. The maximum atomic E-state index is 13.5. The van der Waals surface area contributed by atoms with Crippen molar-refractivity contribution in [3.05, 3.63) is 70.6 Å². The fraction of sp³-hybridized carbons (Fsp3) is 0.200. The van der Waals surface area contributed by atoms with E-state index in [2.05, 4.69) is 10.1 Å². The summed E-state index contributed by atoms with van der Waals surface area (Å²) in [7, 11) is 0. The number of rotatable bonds is 3. The second-order valence-corrected chi connectivity index (χ2v) is 6.88. The van der Waals surface area contributed by atoms with Gasteiger partial charge in [-0.25, -0.2) is 18.6 Å². The van der Waals surface area contributed by atoms with Gasteiger partial charge < -0.3 is 10.6 Å². The lowest BCUT2D eigenvalue weighted by molar-refractivity contribution is 0.0995. The molecule has 1 aromatic heterocycles. The van der Waals surface area contributed by atoms with E-state index < -0.39 is 23.6 Å². The van der Waals surface area contributed by atoms with Crippen molar-refractivity contribution in [3.8, 4) is 0 Å². The molecule has 1 saturated heterocycles. The first-order valence-corrected chi connectivity index (χ1v) is 8.92. The van der Waals surface area contributed by atoms with E-state index >= 15 is 0 Å². The van der Waals surface area contributed by atoms with Gasteiger partial charge >= 0.3 is 6.03 Å². The predicted molar refractivity (Wildman–Crippen MR) is 102 cm³/mol. The van der Waals surface area contributed by atoms with E-state index in [0.29, 0.717) is 25.1 Å². The van der Waals surface area contributed by atoms with Gasteiger partial charge in [-0.1, -0.05) is 12.1 Å². The molecule has 3 amide bonds. The quantitative estimate of drug-likeness (QED) is 0.863. The summed E-state index contributed by atoms with van der Waals surface area (Å²) in [6.45, 7) is 0.819. The van der Waals surface area contributed by atoms with Crippen LogP contribution in [0.1, 0.15) is 34.1 Å². The van der Waals surface area contributed by atoms with Gasteiger partial charge in [0.1, 0.15) is 17.3 Å². The minimum atomic E-state index is -0.690. The van der Waals surface area contributed by atoms with Gasteiger partial charge in [0.25, 0.3) is 5.91 Å². The third-order valence-electron chi connectivity index (χ3n) is 4.76. The summed E-state index contributed by atoms with van der Waals surface area (Å²) in [5.41, 5.74) is 7.51. The van der Waals surface area contributed by atoms with Crippen molar-refractivity contribution in [2.75, 3.05) is 13.1 Å². The molecule has 0 aliphatic carbocycles. The normalized spacial score (nSPS) is 18.0. The minimum absolute atomic E-state index is 0.185. The summed E-state index contributed by atoms with van der Waals surface area (Å²) in [5.74, 6) is -1.97. The monoisotopic (exact) mass is 397 g/mol. The molecule has 2 N–H and O–H groups in total. The molecule has 2 aliphatic heterocycles. The van der Waals surface area contributed by atoms with Crippen LogP contribution in [0.15, 0.2) is 47.2 Å². The molecule has 3 heterocycles. The van der Waals surface area contributed by atoms with Crippen molar-refractivity contribution in [1.29, 1.82) is 0 Å². The van der Waals surface area contributed by atoms with Crippen LogP contribution in [0.25, 0.3) is 6.08 Å². The number of pyridine rings is 1. The zero-order valence-electron chi connectivity index (χ0n) is 15.3. The number of urea groups is 1. The first-order chi connectivity index (χ1) is 13.9. The average molecular weight is 397 g/mol. The van der Waals surface area contributed by atoms with E-state index in [1.807, 2.05) is 6.08 Å². The second kappa shape index (κ2) is 7.42. The molecule has 7 nitrogen and oxygen atoms in total. The highest BCUT2D eigenvalue weighted by Crippen LogP contribution is 2.31. The Balaban J connectivity index is 1.42. The number of hydrogen-bond donors (Lipinski definition) is 1. The largest absolute Gasteiger partial charge is 0.364 e. The van der Waals surface area contributed by atoms with Gasteiger partial charge in [-0.2, -0.15) is 5.10 Å². The van der Waals surface area contributed by atoms with E-state index in [0.717, 1.165) is 17.2 Å². The Bertz CT molecular complexity index is 1010. The predicted octanol–water partition coefficient (Wildman–Crippen LogP) is 2.71. The number of likely N-dealkylation sites (tertiary alicyclic amines) is 1. The maximum absolute atomic E-state index is 13.5. The first-order valence-electron chi connectivity index (χ1n) is 8.92. The van der Waals surface area contributed by atoms with Crippen molar-refractivity contribution in [1.82, 2.24) is 14.9 Å². The van der Waals surface area contributed by atoms with Crippen LogP contribution in [0.2, 0.25) is 0 Å². The highest BCUT2D eigenvalue weighted by molar-refractivity contribution is 5.90. The van der Waals surface area contributed by atoms with Gasteiger partial charge in [0.05, 0.1) is 6.04 Å². The Kier molecular flexibility index (Phi) is 4.79. The number of benzene rings is 1. The Morgan fingerprint density at radius 1 is 1.14 bits per heavy atom. The molecule has 148 valence electrons. The molecule has 0 bridgehead atoms.